The lowest BCUT2D eigenvalue weighted by atomic mass is 9.88. The molecule has 0 unspecified atom stereocenters. The first kappa shape index (κ1) is 18.3. The van der Waals surface area contributed by atoms with Crippen LogP contribution in [-0.2, 0) is 27.3 Å². The van der Waals surface area contributed by atoms with Crippen molar-refractivity contribution < 1.29 is 14.3 Å². The number of amides is 1. The normalized spacial score (nSPS) is 26.0. The number of cyclic esters (lactones) is 1. The molecule has 146 valence electrons. The average molecular weight is 372 g/mol. The standard InChI is InChI=1S/C20H28N4O3/c1-20(2)15(10-17(25)27-20)19(26)24-8-4-13(5-9-24)18-21-11-14-12-23(3)7-6-16(14)22-18/h11,13,15H,4-10,12H2,1-3H3/t15-/m1/s1. The zero-order chi connectivity index (χ0) is 19.2. The van der Waals surface area contributed by atoms with Crippen LogP contribution in [0.4, 0.5) is 0 Å². The largest absolute Gasteiger partial charge is 0.459 e. The van der Waals surface area contributed by atoms with Crippen LogP contribution in [0.25, 0.3) is 0 Å². The molecule has 0 bridgehead atoms. The molecule has 0 saturated carbocycles. The van der Waals surface area contributed by atoms with E-state index in [2.05, 4.69) is 16.9 Å². The summed E-state index contributed by atoms with van der Waals surface area (Å²) < 4.78 is 5.31. The van der Waals surface area contributed by atoms with Crippen molar-refractivity contribution in [3.05, 3.63) is 23.3 Å². The summed E-state index contributed by atoms with van der Waals surface area (Å²) in [5.41, 5.74) is 1.70. The van der Waals surface area contributed by atoms with E-state index in [1.807, 2.05) is 24.9 Å². The Morgan fingerprint density at radius 1 is 1.26 bits per heavy atom. The molecule has 0 N–H and O–H groups in total. The summed E-state index contributed by atoms with van der Waals surface area (Å²) in [5, 5.41) is 0. The molecule has 1 aromatic rings. The van der Waals surface area contributed by atoms with E-state index < -0.39 is 5.60 Å². The molecule has 2 fully saturated rings. The van der Waals surface area contributed by atoms with E-state index in [9.17, 15) is 9.59 Å². The predicted octanol–water partition coefficient (Wildman–Crippen LogP) is 1.51. The quantitative estimate of drug-likeness (QED) is 0.733. The monoisotopic (exact) mass is 372 g/mol. The number of rotatable bonds is 2. The third kappa shape index (κ3) is 3.57. The maximum absolute atomic E-state index is 12.9. The number of likely N-dealkylation sites (tertiary alicyclic amines) is 1. The van der Waals surface area contributed by atoms with Crippen molar-refractivity contribution in [2.45, 2.75) is 57.6 Å². The van der Waals surface area contributed by atoms with Gasteiger partial charge in [0.15, 0.2) is 0 Å². The van der Waals surface area contributed by atoms with Crippen LogP contribution in [0.2, 0.25) is 0 Å². The van der Waals surface area contributed by atoms with E-state index in [0.29, 0.717) is 19.0 Å². The van der Waals surface area contributed by atoms with Crippen molar-refractivity contribution in [3.8, 4) is 0 Å². The summed E-state index contributed by atoms with van der Waals surface area (Å²) >= 11 is 0. The highest BCUT2D eigenvalue weighted by atomic mass is 16.6. The Hall–Kier alpha value is -2.02. The Balaban J connectivity index is 1.39. The van der Waals surface area contributed by atoms with E-state index in [1.54, 1.807) is 0 Å². The molecule has 4 heterocycles. The van der Waals surface area contributed by atoms with Crippen LogP contribution < -0.4 is 0 Å². The first-order valence-electron chi connectivity index (χ1n) is 9.87. The fraction of sp³-hybridized carbons (Fsp3) is 0.700. The minimum atomic E-state index is -0.709. The van der Waals surface area contributed by atoms with Crippen LogP contribution in [0.15, 0.2) is 6.20 Å². The smallest absolute Gasteiger partial charge is 0.307 e. The Labute approximate surface area is 160 Å². The summed E-state index contributed by atoms with van der Waals surface area (Å²) in [4.78, 5) is 38.1. The van der Waals surface area contributed by atoms with Gasteiger partial charge >= 0.3 is 5.97 Å². The van der Waals surface area contributed by atoms with Gasteiger partial charge < -0.3 is 14.5 Å². The molecule has 1 aromatic heterocycles. The predicted molar refractivity (Wildman–Crippen MR) is 98.9 cm³/mol. The summed E-state index contributed by atoms with van der Waals surface area (Å²) in [5.74, 6) is 0.608. The van der Waals surface area contributed by atoms with Gasteiger partial charge in [0.05, 0.1) is 12.3 Å². The topological polar surface area (TPSA) is 75.6 Å². The molecule has 3 aliphatic rings. The molecule has 1 amide bonds. The van der Waals surface area contributed by atoms with Gasteiger partial charge in [-0.05, 0) is 33.7 Å². The number of esters is 1. The Kier molecular flexibility index (Phi) is 4.66. The number of fused-ring (bicyclic) bond motifs is 1. The lowest BCUT2D eigenvalue weighted by Gasteiger charge is -2.35. The maximum Gasteiger partial charge on any atom is 0.307 e. The number of carbonyl (C=O) groups is 2. The van der Waals surface area contributed by atoms with Crippen molar-refractivity contribution in [2.75, 3.05) is 26.7 Å². The van der Waals surface area contributed by atoms with Crippen molar-refractivity contribution in [2.24, 2.45) is 5.92 Å². The molecule has 7 nitrogen and oxygen atoms in total. The fourth-order valence-electron chi connectivity index (χ4n) is 4.45. The number of piperidine rings is 1. The second kappa shape index (κ2) is 6.86. The Morgan fingerprint density at radius 2 is 2.00 bits per heavy atom. The molecule has 3 aliphatic heterocycles. The highest BCUT2D eigenvalue weighted by Crippen LogP contribution is 2.35. The van der Waals surface area contributed by atoms with E-state index in [4.69, 9.17) is 9.72 Å². The number of hydrogen-bond acceptors (Lipinski definition) is 6. The lowest BCUT2D eigenvalue weighted by Crippen LogP contribution is -2.46. The van der Waals surface area contributed by atoms with E-state index in [0.717, 1.165) is 38.2 Å². The van der Waals surface area contributed by atoms with E-state index >= 15 is 0 Å². The molecular formula is C20H28N4O3. The van der Waals surface area contributed by atoms with Gasteiger partial charge in [0.2, 0.25) is 5.91 Å². The van der Waals surface area contributed by atoms with Crippen LogP contribution in [0.5, 0.6) is 0 Å². The minimum absolute atomic E-state index is 0.0405. The molecule has 27 heavy (non-hydrogen) atoms. The molecule has 0 radical (unpaired) electrons. The van der Waals surface area contributed by atoms with Crippen molar-refractivity contribution in [1.82, 2.24) is 19.8 Å². The Morgan fingerprint density at radius 3 is 2.67 bits per heavy atom. The highest BCUT2D eigenvalue weighted by molar-refractivity contribution is 5.87. The van der Waals surface area contributed by atoms with Crippen molar-refractivity contribution >= 4 is 11.9 Å². The third-order valence-corrected chi connectivity index (χ3v) is 6.20. The van der Waals surface area contributed by atoms with E-state index in [-0.39, 0.29) is 24.2 Å². The van der Waals surface area contributed by atoms with Crippen molar-refractivity contribution in [3.63, 3.8) is 0 Å². The van der Waals surface area contributed by atoms with Gasteiger partial charge in [0.1, 0.15) is 11.4 Å². The lowest BCUT2D eigenvalue weighted by molar-refractivity contribution is -0.149. The van der Waals surface area contributed by atoms with Gasteiger partial charge in [-0.1, -0.05) is 0 Å². The van der Waals surface area contributed by atoms with Crippen molar-refractivity contribution in [1.29, 1.82) is 0 Å². The first-order valence-corrected chi connectivity index (χ1v) is 9.87. The van der Waals surface area contributed by atoms with E-state index in [1.165, 1.54) is 11.3 Å². The van der Waals surface area contributed by atoms with Gasteiger partial charge in [-0.2, -0.15) is 0 Å². The van der Waals surface area contributed by atoms with Gasteiger partial charge in [-0.25, -0.2) is 9.97 Å². The highest BCUT2D eigenvalue weighted by Gasteiger charge is 2.47. The van der Waals surface area contributed by atoms with Crippen LogP contribution in [0.1, 0.15) is 56.1 Å². The summed E-state index contributed by atoms with van der Waals surface area (Å²) in [7, 11) is 2.12. The number of ether oxygens (including phenoxy) is 1. The van der Waals surface area contributed by atoms with Gasteiger partial charge in [-0.3, -0.25) is 9.59 Å². The summed E-state index contributed by atoms with van der Waals surface area (Å²) in [6, 6.07) is 0. The zero-order valence-corrected chi connectivity index (χ0v) is 16.4. The van der Waals surface area contributed by atoms with Gasteiger partial charge in [0.25, 0.3) is 0 Å². The molecule has 4 rings (SSSR count). The van der Waals surface area contributed by atoms with Crippen LogP contribution >= 0.6 is 0 Å². The van der Waals surface area contributed by atoms with Gasteiger partial charge in [-0.15, -0.1) is 0 Å². The van der Waals surface area contributed by atoms with Crippen LogP contribution in [0.3, 0.4) is 0 Å². The zero-order valence-electron chi connectivity index (χ0n) is 16.4. The first-order chi connectivity index (χ1) is 12.8. The average Bonchev–Trinajstić information content (AvgIpc) is 2.93. The number of aromatic nitrogens is 2. The maximum atomic E-state index is 12.9. The number of hydrogen-bond donors (Lipinski definition) is 0. The third-order valence-electron chi connectivity index (χ3n) is 6.20. The Bertz CT molecular complexity index is 756. The second-order valence-corrected chi connectivity index (χ2v) is 8.62. The summed E-state index contributed by atoms with van der Waals surface area (Å²) in [6.45, 7) is 6.98. The second-order valence-electron chi connectivity index (χ2n) is 8.62. The minimum Gasteiger partial charge on any atom is -0.459 e. The number of carbonyl (C=O) groups excluding carboxylic acids is 2. The number of nitrogens with zero attached hydrogens (tertiary/aromatic N) is 4. The molecule has 2 saturated heterocycles. The SMILES string of the molecule is CN1CCc2nc(C3CCN(C(=O)[C@H]4CC(=O)OC4(C)C)CC3)ncc2C1. The van der Waals surface area contributed by atoms with Crippen LogP contribution in [-0.4, -0.2) is 63.9 Å². The molecule has 0 aliphatic carbocycles. The fourth-order valence-corrected chi connectivity index (χ4v) is 4.45. The molecule has 7 heteroatoms. The molecule has 0 spiro atoms. The number of likely N-dealkylation sites (N-methyl/N-ethyl adjacent to an activating group) is 1. The van der Waals surface area contributed by atoms with Crippen LogP contribution in [0, 0.1) is 5.92 Å². The molecular weight excluding hydrogens is 344 g/mol. The van der Waals surface area contributed by atoms with Gasteiger partial charge in [0, 0.05) is 56.0 Å². The molecule has 1 atom stereocenters. The molecule has 0 aromatic carbocycles. The summed E-state index contributed by atoms with van der Waals surface area (Å²) in [6.07, 6.45) is 4.88.